The largest absolute Gasteiger partial charge is 0.497 e. The standard InChI is InChI=1S/C23H34N6O2/c1-4-24-23(27-20-10-7-13-29-22(20)26-16(2)28-29)25-15-17-11-12-19(30-3)14-21(17)31-18-8-5-6-9-18/h11-12,14,18,20H,4-10,13,15H2,1-3H3,(H2,24,25,27). The Hall–Kier alpha value is -2.77. The topological polar surface area (TPSA) is 85.6 Å². The molecule has 1 atom stereocenters. The van der Waals surface area contributed by atoms with E-state index >= 15 is 0 Å². The van der Waals surface area contributed by atoms with Gasteiger partial charge in [0.25, 0.3) is 0 Å². The summed E-state index contributed by atoms with van der Waals surface area (Å²) in [6, 6.07) is 6.11. The molecule has 1 aliphatic heterocycles. The zero-order chi connectivity index (χ0) is 21.6. The Morgan fingerprint density at radius 2 is 2.06 bits per heavy atom. The third kappa shape index (κ3) is 5.29. The number of aryl methyl sites for hydroxylation is 2. The van der Waals surface area contributed by atoms with Crippen molar-refractivity contribution in [2.24, 2.45) is 4.99 Å². The molecule has 0 amide bonds. The summed E-state index contributed by atoms with van der Waals surface area (Å²) in [5.41, 5.74) is 1.06. The van der Waals surface area contributed by atoms with Gasteiger partial charge in [-0.25, -0.2) is 14.7 Å². The number of guanidine groups is 1. The molecule has 0 saturated heterocycles. The summed E-state index contributed by atoms with van der Waals surface area (Å²) in [6.07, 6.45) is 7.09. The molecule has 4 rings (SSSR count). The van der Waals surface area contributed by atoms with Gasteiger partial charge in [-0.05, 0) is 64.5 Å². The molecular weight excluding hydrogens is 392 g/mol. The van der Waals surface area contributed by atoms with Crippen molar-refractivity contribution in [3.05, 3.63) is 35.4 Å². The number of ether oxygens (including phenoxy) is 2. The highest BCUT2D eigenvalue weighted by atomic mass is 16.5. The van der Waals surface area contributed by atoms with Gasteiger partial charge >= 0.3 is 0 Å². The molecule has 2 aromatic rings. The Morgan fingerprint density at radius 1 is 1.23 bits per heavy atom. The van der Waals surface area contributed by atoms with Crippen LogP contribution in [0, 0.1) is 6.92 Å². The van der Waals surface area contributed by atoms with Crippen LogP contribution in [-0.2, 0) is 13.1 Å². The average Bonchev–Trinajstić information content (AvgIpc) is 3.42. The number of aromatic nitrogens is 3. The minimum absolute atomic E-state index is 0.109. The second-order valence-electron chi connectivity index (χ2n) is 8.27. The summed E-state index contributed by atoms with van der Waals surface area (Å²) in [7, 11) is 1.68. The van der Waals surface area contributed by atoms with Crippen molar-refractivity contribution in [1.29, 1.82) is 0 Å². The molecule has 2 heterocycles. The first-order valence-corrected chi connectivity index (χ1v) is 11.5. The first-order chi connectivity index (χ1) is 15.2. The third-order valence-electron chi connectivity index (χ3n) is 5.91. The fraction of sp³-hybridized carbons (Fsp3) is 0.609. The molecule has 0 bridgehead atoms. The predicted molar refractivity (Wildman–Crippen MR) is 121 cm³/mol. The summed E-state index contributed by atoms with van der Waals surface area (Å²) < 4.78 is 13.8. The summed E-state index contributed by atoms with van der Waals surface area (Å²) >= 11 is 0. The highest BCUT2D eigenvalue weighted by Crippen LogP contribution is 2.30. The van der Waals surface area contributed by atoms with Gasteiger partial charge in [0.2, 0.25) is 0 Å². The summed E-state index contributed by atoms with van der Waals surface area (Å²) in [5, 5.41) is 11.4. The van der Waals surface area contributed by atoms with Gasteiger partial charge < -0.3 is 20.1 Å². The number of nitrogens with zero attached hydrogens (tertiary/aromatic N) is 4. The molecule has 1 unspecified atom stereocenters. The number of hydrogen-bond acceptors (Lipinski definition) is 5. The van der Waals surface area contributed by atoms with Crippen LogP contribution in [0.4, 0.5) is 0 Å². The highest BCUT2D eigenvalue weighted by Gasteiger charge is 2.24. The molecule has 1 saturated carbocycles. The quantitative estimate of drug-likeness (QED) is 0.521. The van der Waals surface area contributed by atoms with Crippen LogP contribution in [-0.4, -0.2) is 40.5 Å². The number of benzene rings is 1. The van der Waals surface area contributed by atoms with Crippen LogP contribution in [0.15, 0.2) is 23.2 Å². The van der Waals surface area contributed by atoms with E-state index in [9.17, 15) is 0 Å². The van der Waals surface area contributed by atoms with E-state index in [1.807, 2.05) is 23.7 Å². The number of fused-ring (bicyclic) bond motifs is 1. The van der Waals surface area contributed by atoms with Gasteiger partial charge in [-0.15, -0.1) is 0 Å². The molecule has 1 aliphatic carbocycles. The lowest BCUT2D eigenvalue weighted by Crippen LogP contribution is -2.41. The van der Waals surface area contributed by atoms with Crippen LogP contribution in [0.5, 0.6) is 11.5 Å². The maximum atomic E-state index is 6.33. The second-order valence-corrected chi connectivity index (χ2v) is 8.27. The van der Waals surface area contributed by atoms with Gasteiger partial charge in [0, 0.05) is 24.7 Å². The number of methoxy groups -OCH3 is 1. The van der Waals surface area contributed by atoms with Crippen LogP contribution in [0.2, 0.25) is 0 Å². The highest BCUT2D eigenvalue weighted by molar-refractivity contribution is 5.80. The lowest BCUT2D eigenvalue weighted by atomic mass is 10.1. The fourth-order valence-electron chi connectivity index (χ4n) is 4.34. The van der Waals surface area contributed by atoms with Crippen molar-refractivity contribution >= 4 is 5.96 Å². The van der Waals surface area contributed by atoms with E-state index in [0.717, 1.165) is 73.4 Å². The van der Waals surface area contributed by atoms with Gasteiger partial charge in [-0.1, -0.05) is 0 Å². The summed E-state index contributed by atoms with van der Waals surface area (Å²) in [4.78, 5) is 9.49. The molecule has 2 aliphatic rings. The Balaban J connectivity index is 1.51. The van der Waals surface area contributed by atoms with Crippen LogP contribution in [0.3, 0.4) is 0 Å². The molecule has 168 valence electrons. The third-order valence-corrected chi connectivity index (χ3v) is 5.91. The lowest BCUT2D eigenvalue weighted by molar-refractivity contribution is 0.207. The molecule has 31 heavy (non-hydrogen) atoms. The van der Waals surface area contributed by atoms with Crippen molar-refractivity contribution in [2.45, 2.75) is 77.6 Å². The lowest BCUT2D eigenvalue weighted by Gasteiger charge is -2.25. The first-order valence-electron chi connectivity index (χ1n) is 11.5. The van der Waals surface area contributed by atoms with Gasteiger partial charge in [-0.3, -0.25) is 0 Å². The normalized spacial score (nSPS) is 19.2. The van der Waals surface area contributed by atoms with Gasteiger partial charge in [-0.2, -0.15) is 5.10 Å². The molecule has 1 aromatic carbocycles. The maximum absolute atomic E-state index is 6.33. The molecule has 2 N–H and O–H groups in total. The average molecular weight is 427 g/mol. The van der Waals surface area contributed by atoms with E-state index in [2.05, 4.69) is 33.7 Å². The number of rotatable bonds is 7. The summed E-state index contributed by atoms with van der Waals surface area (Å²) in [5.74, 6) is 4.27. The maximum Gasteiger partial charge on any atom is 0.192 e. The van der Waals surface area contributed by atoms with Gasteiger partial charge in [0.05, 0.1) is 25.8 Å². The van der Waals surface area contributed by atoms with E-state index in [0.29, 0.717) is 6.54 Å². The zero-order valence-corrected chi connectivity index (χ0v) is 18.9. The fourth-order valence-corrected chi connectivity index (χ4v) is 4.34. The van der Waals surface area contributed by atoms with Crippen molar-refractivity contribution in [3.63, 3.8) is 0 Å². The zero-order valence-electron chi connectivity index (χ0n) is 18.9. The van der Waals surface area contributed by atoms with Crippen LogP contribution in [0.25, 0.3) is 0 Å². The van der Waals surface area contributed by atoms with Gasteiger partial charge in [0.15, 0.2) is 5.96 Å². The van der Waals surface area contributed by atoms with E-state index < -0.39 is 0 Å². The molecule has 1 aromatic heterocycles. The van der Waals surface area contributed by atoms with E-state index in [-0.39, 0.29) is 12.1 Å². The van der Waals surface area contributed by atoms with Crippen LogP contribution in [0.1, 0.15) is 68.7 Å². The Morgan fingerprint density at radius 3 is 2.84 bits per heavy atom. The van der Waals surface area contributed by atoms with Crippen molar-refractivity contribution in [3.8, 4) is 11.5 Å². The first kappa shape index (κ1) is 21.5. The molecule has 8 nitrogen and oxygen atoms in total. The van der Waals surface area contributed by atoms with E-state index in [1.165, 1.54) is 12.8 Å². The van der Waals surface area contributed by atoms with Crippen molar-refractivity contribution < 1.29 is 9.47 Å². The smallest absolute Gasteiger partial charge is 0.192 e. The second kappa shape index (κ2) is 10.0. The van der Waals surface area contributed by atoms with Crippen LogP contribution < -0.4 is 20.1 Å². The molecule has 1 fully saturated rings. The number of hydrogen-bond donors (Lipinski definition) is 2. The van der Waals surface area contributed by atoms with E-state index in [4.69, 9.17) is 14.5 Å². The molecule has 0 spiro atoms. The molecule has 0 radical (unpaired) electrons. The SMILES string of the molecule is CCNC(=NCc1ccc(OC)cc1OC1CCCC1)NC1CCCn2nc(C)nc21. The Labute approximate surface area is 184 Å². The Kier molecular flexibility index (Phi) is 6.94. The molecule has 8 heteroatoms. The van der Waals surface area contributed by atoms with Crippen molar-refractivity contribution in [1.82, 2.24) is 25.4 Å². The number of nitrogens with one attached hydrogen (secondary N) is 2. The Bertz CT molecular complexity index is 903. The van der Waals surface area contributed by atoms with Crippen molar-refractivity contribution in [2.75, 3.05) is 13.7 Å². The van der Waals surface area contributed by atoms with Gasteiger partial charge in [0.1, 0.15) is 23.1 Å². The number of aliphatic imine (C=N–C) groups is 1. The predicted octanol–water partition coefficient (Wildman–Crippen LogP) is 3.51. The minimum Gasteiger partial charge on any atom is -0.497 e. The monoisotopic (exact) mass is 426 g/mol. The summed E-state index contributed by atoms with van der Waals surface area (Å²) in [6.45, 7) is 6.26. The minimum atomic E-state index is 0.109. The van der Waals surface area contributed by atoms with E-state index in [1.54, 1.807) is 7.11 Å². The van der Waals surface area contributed by atoms with Crippen LogP contribution >= 0.6 is 0 Å². The molecular formula is C23H34N6O2.